The van der Waals surface area contributed by atoms with Crippen molar-refractivity contribution in [3.05, 3.63) is 64.2 Å². The molecular weight excluding hydrogens is 346 g/mol. The van der Waals surface area contributed by atoms with E-state index >= 15 is 0 Å². The Bertz CT molecular complexity index is 816. The minimum atomic E-state index is -0.360. The van der Waals surface area contributed by atoms with Gasteiger partial charge in [0.25, 0.3) is 5.69 Å². The predicted molar refractivity (Wildman–Crippen MR) is 104 cm³/mol. The number of nitrogens with zero attached hydrogens (tertiary/aromatic N) is 2. The molecule has 0 aliphatic carbocycles. The lowest BCUT2D eigenvalue weighted by Gasteiger charge is -2.32. The van der Waals surface area contributed by atoms with Gasteiger partial charge < -0.3 is 15.0 Å². The van der Waals surface area contributed by atoms with Crippen molar-refractivity contribution in [2.45, 2.75) is 19.4 Å². The molecule has 0 spiro atoms. The van der Waals surface area contributed by atoms with Gasteiger partial charge in [-0.3, -0.25) is 14.9 Å². The minimum Gasteiger partial charge on any atom is -0.380 e. The van der Waals surface area contributed by atoms with Crippen LogP contribution in [0.2, 0.25) is 0 Å². The number of methoxy groups -OCH3 is 1. The molecule has 0 radical (unpaired) electrons. The number of anilines is 2. The Kier molecular flexibility index (Phi) is 6.03. The van der Waals surface area contributed by atoms with Gasteiger partial charge in [0.1, 0.15) is 5.69 Å². The zero-order valence-corrected chi connectivity index (χ0v) is 15.3. The van der Waals surface area contributed by atoms with E-state index in [4.69, 9.17) is 4.74 Å². The molecule has 1 aliphatic rings. The number of rotatable bonds is 6. The number of hydrogen-bond acceptors (Lipinski definition) is 5. The molecule has 0 saturated carbocycles. The van der Waals surface area contributed by atoms with E-state index in [2.05, 4.69) is 5.32 Å². The van der Waals surface area contributed by atoms with Crippen LogP contribution >= 0.6 is 0 Å². The average Bonchev–Trinajstić information content (AvgIpc) is 2.68. The first kappa shape index (κ1) is 18.8. The van der Waals surface area contributed by atoms with Crippen LogP contribution in [0.3, 0.4) is 0 Å². The van der Waals surface area contributed by atoms with E-state index in [1.165, 1.54) is 6.07 Å². The Hall–Kier alpha value is -2.93. The summed E-state index contributed by atoms with van der Waals surface area (Å²) in [7, 11) is 1.64. The maximum Gasteiger partial charge on any atom is 0.292 e. The number of piperidine rings is 1. The van der Waals surface area contributed by atoms with Crippen molar-refractivity contribution in [3.8, 4) is 0 Å². The number of carbonyl (C=O) groups excluding carboxylic acids is 1. The van der Waals surface area contributed by atoms with Crippen molar-refractivity contribution in [1.29, 1.82) is 0 Å². The Morgan fingerprint density at radius 1 is 1.22 bits per heavy atom. The summed E-state index contributed by atoms with van der Waals surface area (Å²) >= 11 is 0. The summed E-state index contributed by atoms with van der Waals surface area (Å²) in [5.41, 5.74) is 2.49. The number of amides is 1. The average molecular weight is 369 g/mol. The summed E-state index contributed by atoms with van der Waals surface area (Å²) in [4.78, 5) is 25.4. The van der Waals surface area contributed by atoms with Crippen molar-refractivity contribution >= 4 is 23.0 Å². The molecule has 1 saturated heterocycles. The topological polar surface area (TPSA) is 84.7 Å². The second kappa shape index (κ2) is 8.64. The van der Waals surface area contributed by atoms with Crippen molar-refractivity contribution in [2.24, 2.45) is 5.92 Å². The van der Waals surface area contributed by atoms with Crippen LogP contribution in [-0.4, -0.2) is 31.0 Å². The zero-order valence-electron chi connectivity index (χ0n) is 15.3. The van der Waals surface area contributed by atoms with Crippen LogP contribution in [0.25, 0.3) is 0 Å². The number of carbonyl (C=O) groups is 1. The summed E-state index contributed by atoms with van der Waals surface area (Å²) in [6.07, 6.45) is 1.32. The number of benzene rings is 2. The third kappa shape index (κ3) is 4.62. The van der Waals surface area contributed by atoms with Crippen LogP contribution < -0.4 is 10.2 Å². The first-order valence-corrected chi connectivity index (χ1v) is 8.95. The van der Waals surface area contributed by atoms with Gasteiger partial charge in [-0.25, -0.2) is 0 Å². The minimum absolute atomic E-state index is 0.00761. The van der Waals surface area contributed by atoms with Gasteiger partial charge in [-0.05, 0) is 36.6 Å². The van der Waals surface area contributed by atoms with Crippen LogP contribution in [0.5, 0.6) is 0 Å². The van der Waals surface area contributed by atoms with Crippen molar-refractivity contribution in [1.82, 2.24) is 0 Å². The molecule has 1 N–H and O–H groups in total. The van der Waals surface area contributed by atoms with Gasteiger partial charge in [-0.2, -0.15) is 0 Å². The van der Waals surface area contributed by atoms with Gasteiger partial charge in [-0.15, -0.1) is 0 Å². The highest BCUT2D eigenvalue weighted by atomic mass is 16.6. The lowest BCUT2D eigenvalue weighted by molar-refractivity contribution is -0.384. The quantitative estimate of drug-likeness (QED) is 0.621. The number of nitrogens with one attached hydrogen (secondary N) is 1. The molecule has 2 aromatic carbocycles. The molecule has 3 rings (SSSR count). The summed E-state index contributed by atoms with van der Waals surface area (Å²) in [5.74, 6) is -0.109. The van der Waals surface area contributed by atoms with Crippen LogP contribution in [0.4, 0.5) is 17.1 Å². The van der Waals surface area contributed by atoms with E-state index in [0.717, 1.165) is 11.3 Å². The van der Waals surface area contributed by atoms with E-state index in [1.807, 2.05) is 29.2 Å². The van der Waals surface area contributed by atoms with Gasteiger partial charge in [0.15, 0.2) is 0 Å². The van der Waals surface area contributed by atoms with Gasteiger partial charge in [0.05, 0.1) is 11.5 Å². The van der Waals surface area contributed by atoms with Gasteiger partial charge in [0, 0.05) is 37.9 Å². The number of para-hydroxylation sites is 2. The number of ether oxygens (including phenoxy) is 1. The van der Waals surface area contributed by atoms with Gasteiger partial charge in [-0.1, -0.05) is 24.3 Å². The molecule has 0 aromatic heterocycles. The molecule has 0 unspecified atom stereocenters. The Morgan fingerprint density at radius 2 is 1.96 bits per heavy atom. The smallest absolute Gasteiger partial charge is 0.292 e. The van der Waals surface area contributed by atoms with E-state index in [9.17, 15) is 14.9 Å². The fourth-order valence-corrected chi connectivity index (χ4v) is 3.42. The van der Waals surface area contributed by atoms with Crippen LogP contribution in [0, 0.1) is 16.0 Å². The number of hydrogen-bond donors (Lipinski definition) is 1. The fraction of sp³-hybridized carbons (Fsp3) is 0.350. The molecule has 27 heavy (non-hydrogen) atoms. The molecule has 1 amide bonds. The summed E-state index contributed by atoms with van der Waals surface area (Å²) in [6.45, 7) is 1.73. The first-order valence-electron chi connectivity index (χ1n) is 8.95. The maximum absolute atomic E-state index is 12.6. The third-order valence-corrected chi connectivity index (χ3v) is 4.79. The highest BCUT2D eigenvalue weighted by Crippen LogP contribution is 2.31. The largest absolute Gasteiger partial charge is 0.380 e. The number of nitro groups is 1. The van der Waals surface area contributed by atoms with E-state index < -0.39 is 0 Å². The highest BCUT2D eigenvalue weighted by molar-refractivity contribution is 5.92. The fourth-order valence-electron chi connectivity index (χ4n) is 3.42. The SMILES string of the molecule is COCc1cccc(NC(=O)C2CCN(c3ccccc3[N+](=O)[O-])CC2)c1. The molecule has 2 aromatic rings. The Morgan fingerprint density at radius 3 is 2.67 bits per heavy atom. The normalized spacial score (nSPS) is 14.8. The van der Waals surface area contributed by atoms with Crippen LogP contribution in [0.15, 0.2) is 48.5 Å². The molecule has 0 atom stereocenters. The second-order valence-corrected chi connectivity index (χ2v) is 6.63. The third-order valence-electron chi connectivity index (χ3n) is 4.79. The highest BCUT2D eigenvalue weighted by Gasteiger charge is 2.28. The number of nitro benzene ring substituents is 1. The van der Waals surface area contributed by atoms with Crippen LogP contribution in [-0.2, 0) is 16.1 Å². The zero-order chi connectivity index (χ0) is 19.2. The molecule has 7 nitrogen and oxygen atoms in total. The molecule has 1 aliphatic heterocycles. The lowest BCUT2D eigenvalue weighted by atomic mass is 9.95. The first-order chi connectivity index (χ1) is 13.1. The monoisotopic (exact) mass is 369 g/mol. The summed E-state index contributed by atoms with van der Waals surface area (Å²) < 4.78 is 5.12. The summed E-state index contributed by atoms with van der Waals surface area (Å²) in [6, 6.07) is 14.4. The predicted octanol–water partition coefficient (Wildman–Crippen LogP) is 3.60. The van der Waals surface area contributed by atoms with Crippen molar-refractivity contribution in [3.63, 3.8) is 0 Å². The Balaban J connectivity index is 1.60. The summed E-state index contributed by atoms with van der Waals surface area (Å²) in [5, 5.41) is 14.2. The molecular formula is C20H23N3O4. The van der Waals surface area contributed by atoms with Crippen molar-refractivity contribution < 1.29 is 14.5 Å². The van der Waals surface area contributed by atoms with E-state index in [1.54, 1.807) is 25.3 Å². The van der Waals surface area contributed by atoms with E-state index in [-0.39, 0.29) is 22.4 Å². The Labute approximate surface area is 158 Å². The van der Waals surface area contributed by atoms with E-state index in [0.29, 0.717) is 38.2 Å². The molecule has 142 valence electrons. The molecule has 1 heterocycles. The standard InChI is InChI=1S/C20H23N3O4/c1-27-14-15-5-4-6-17(13-15)21-20(24)16-9-11-22(12-10-16)18-7-2-3-8-19(18)23(25)26/h2-8,13,16H,9-12,14H2,1H3,(H,21,24). The van der Waals surface area contributed by atoms with Crippen molar-refractivity contribution in [2.75, 3.05) is 30.4 Å². The second-order valence-electron chi connectivity index (χ2n) is 6.63. The molecule has 7 heteroatoms. The van der Waals surface area contributed by atoms with Gasteiger partial charge >= 0.3 is 0 Å². The molecule has 1 fully saturated rings. The van der Waals surface area contributed by atoms with Crippen LogP contribution in [0.1, 0.15) is 18.4 Å². The lowest BCUT2D eigenvalue weighted by Crippen LogP contribution is -2.38. The van der Waals surface area contributed by atoms with Gasteiger partial charge in [0.2, 0.25) is 5.91 Å². The molecule has 0 bridgehead atoms. The maximum atomic E-state index is 12.6.